The van der Waals surface area contributed by atoms with Gasteiger partial charge in [0.1, 0.15) is 0 Å². The first kappa shape index (κ1) is 66.0. The van der Waals surface area contributed by atoms with E-state index in [9.17, 15) is 0 Å². The fourth-order valence-electron chi connectivity index (χ4n) is 15.2. The molecule has 0 aliphatic carbocycles. The van der Waals surface area contributed by atoms with Gasteiger partial charge in [0.15, 0.2) is 0 Å². The van der Waals surface area contributed by atoms with Crippen LogP contribution in [0.4, 0.5) is 0 Å². The molecule has 0 spiro atoms. The molecule has 18 aromatic rings. The lowest BCUT2D eigenvalue weighted by molar-refractivity contribution is 0.00578. The van der Waals surface area contributed by atoms with E-state index in [1.54, 1.807) is 0 Å². The van der Waals surface area contributed by atoms with Crippen LogP contribution in [0.1, 0.15) is 47.5 Å². The second-order valence-corrected chi connectivity index (χ2v) is 29.1. The molecule has 9 heteroatoms. The van der Waals surface area contributed by atoms with Crippen molar-refractivity contribution in [3.8, 4) is 56.1 Å². The molecule has 7 nitrogen and oxygen atoms in total. The Morgan fingerprint density at radius 3 is 0.962 bits per heavy atom. The predicted molar refractivity (Wildman–Crippen MR) is 441 cm³/mol. The van der Waals surface area contributed by atoms with Crippen molar-refractivity contribution in [1.29, 1.82) is 0 Å². The molecule has 0 bridgehead atoms. The van der Waals surface area contributed by atoms with Crippen molar-refractivity contribution in [3.05, 3.63) is 344 Å². The van der Waals surface area contributed by atoms with Gasteiger partial charge in [-0.15, -0.1) is 0 Å². The Morgan fingerprint density at radius 2 is 0.596 bits per heavy atom. The third-order valence-electron chi connectivity index (χ3n) is 21.2. The number of hydrogen-bond donors (Lipinski definition) is 0. The highest BCUT2D eigenvalue weighted by molar-refractivity contribution is 9.10. The molecule has 506 valence electrons. The summed E-state index contributed by atoms with van der Waals surface area (Å²) >= 11 is 3.61. The number of nitrogens with zero attached hydrogens (tertiary/aromatic N) is 4. The fraction of sp³-hybridized carbons (Fsp3) is 0.116. The smallest absolute Gasteiger partial charge is 0.399 e. The van der Waals surface area contributed by atoms with E-state index in [0.717, 1.165) is 22.2 Å². The van der Waals surface area contributed by atoms with Crippen LogP contribution < -0.4 is 5.46 Å². The van der Waals surface area contributed by atoms with Crippen molar-refractivity contribution in [2.75, 3.05) is 6.61 Å². The van der Waals surface area contributed by atoms with Crippen molar-refractivity contribution < 1.29 is 14.0 Å². The van der Waals surface area contributed by atoms with E-state index in [0.29, 0.717) is 6.10 Å². The molecule has 0 saturated carbocycles. The van der Waals surface area contributed by atoms with Gasteiger partial charge in [-0.3, -0.25) is 0 Å². The maximum absolute atomic E-state index is 6.27. The zero-order chi connectivity index (χ0) is 70.5. The molecular weight excluding hydrogens is 1340 g/mol. The zero-order valence-electron chi connectivity index (χ0n) is 59.0. The average molecular weight is 1410 g/mol. The fourth-order valence-corrected chi connectivity index (χ4v) is 15.6. The Balaban J connectivity index is 0.000000116. The van der Waals surface area contributed by atoms with E-state index >= 15 is 0 Å². The van der Waals surface area contributed by atoms with Crippen LogP contribution in [0.15, 0.2) is 344 Å². The molecule has 104 heavy (non-hydrogen) atoms. The van der Waals surface area contributed by atoms with Crippen molar-refractivity contribution in [1.82, 2.24) is 18.3 Å². The third kappa shape index (κ3) is 12.4. The molecule has 14 aromatic carbocycles. The lowest BCUT2D eigenvalue weighted by Crippen LogP contribution is -2.41. The van der Waals surface area contributed by atoms with Crippen LogP contribution in [-0.2, 0) is 14.0 Å². The Morgan fingerprint density at radius 1 is 0.298 bits per heavy atom. The second kappa shape index (κ2) is 27.8. The van der Waals surface area contributed by atoms with Gasteiger partial charge in [0.05, 0.1) is 61.4 Å². The summed E-state index contributed by atoms with van der Waals surface area (Å²) in [5.74, 6) is 0. The quantitative estimate of drug-likeness (QED) is 0.142. The van der Waals surface area contributed by atoms with Gasteiger partial charge in [-0.1, -0.05) is 234 Å². The van der Waals surface area contributed by atoms with Gasteiger partial charge in [0, 0.05) is 76.9 Å². The molecule has 2 aliphatic heterocycles. The standard InChI is InChI=1S/C42H28N2.C24H24BNO2.C24H16BrN.C5H10O/c1-3-11-29(12-4-1)30-19-23-34(24-20-30)44-40-18-10-8-16-36(40)38-28-32(22-26-42(38)44)31-21-25-41-37(27-31)35-15-7-9-17-39(35)43(41)33-13-5-2-6-14-33;1-23(2)24(3,4)28-25(27-23)17-14-15-22-20(16-17)19-12-8-9-13-21(19)26(22)18-10-6-5-7-11-18;25-19-12-15-24-22(16-19)21-8-4-5-9-23(21)26(24)20-13-10-18(11-14-20)17-6-2-1-3-7-17;1-5-3-2-4-6-5/h1-28H;5-16H,1-4H3;1-16H;5H,2-4H2,1H3. The minimum Gasteiger partial charge on any atom is -0.399 e. The lowest BCUT2D eigenvalue weighted by Gasteiger charge is -2.32. The SMILES string of the molecule is Brc1ccc2c(c1)c1ccccc1n2-c1ccc(-c2ccccc2)cc1.CC1(C)OB(c2ccc3c(c2)c2ccccc2n3-c2ccccc2)OC1(C)C.CC1CCCO1.c1ccc(-c2ccc(-n3c4ccccc4c4cc(-c5ccc6c(c5)c5ccccc5n6-c5ccccc5)ccc43)cc2)cc1. The van der Waals surface area contributed by atoms with Crippen LogP contribution in [0, 0.1) is 0 Å². The van der Waals surface area contributed by atoms with E-state index in [1.807, 2.05) is 12.1 Å². The van der Waals surface area contributed by atoms with Crippen LogP contribution in [-0.4, -0.2) is 49.3 Å². The molecule has 20 rings (SSSR count). The summed E-state index contributed by atoms with van der Waals surface area (Å²) < 4.78 is 28.2. The maximum atomic E-state index is 6.27. The molecule has 1 atom stereocenters. The highest BCUT2D eigenvalue weighted by atomic mass is 79.9. The summed E-state index contributed by atoms with van der Waals surface area (Å²) in [6.45, 7) is 11.5. The van der Waals surface area contributed by atoms with E-state index in [4.69, 9.17) is 14.0 Å². The Hall–Kier alpha value is -11.3. The third-order valence-corrected chi connectivity index (χ3v) is 21.7. The largest absolute Gasteiger partial charge is 0.494 e. The number of benzene rings is 14. The Kier molecular flexibility index (Phi) is 17.6. The highest BCUT2D eigenvalue weighted by Gasteiger charge is 2.51. The van der Waals surface area contributed by atoms with Gasteiger partial charge in [-0.25, -0.2) is 0 Å². The van der Waals surface area contributed by atoms with Crippen molar-refractivity contribution in [2.45, 2.75) is 64.8 Å². The molecule has 1 unspecified atom stereocenters. The molecule has 4 aromatic heterocycles. The van der Waals surface area contributed by atoms with Crippen LogP contribution in [0.3, 0.4) is 0 Å². The van der Waals surface area contributed by atoms with Gasteiger partial charge >= 0.3 is 7.12 Å². The molecule has 0 N–H and O–H groups in total. The first-order chi connectivity index (χ1) is 50.9. The molecule has 0 amide bonds. The normalized spacial score (nSPS) is 14.6. The number of halogens is 1. The summed E-state index contributed by atoms with van der Waals surface area (Å²) in [5.41, 5.74) is 22.1. The summed E-state index contributed by atoms with van der Waals surface area (Å²) in [4.78, 5) is 0. The van der Waals surface area contributed by atoms with Crippen molar-refractivity contribution >= 4 is 116 Å². The van der Waals surface area contributed by atoms with Gasteiger partial charge in [0.2, 0.25) is 0 Å². The van der Waals surface area contributed by atoms with Crippen molar-refractivity contribution in [2.24, 2.45) is 0 Å². The number of rotatable bonds is 8. The summed E-state index contributed by atoms with van der Waals surface area (Å²) in [7, 11) is -0.353. The lowest BCUT2D eigenvalue weighted by atomic mass is 9.78. The van der Waals surface area contributed by atoms with E-state index in [-0.39, 0.29) is 18.3 Å². The first-order valence-electron chi connectivity index (χ1n) is 36.1. The van der Waals surface area contributed by atoms with Crippen LogP contribution >= 0.6 is 15.9 Å². The molecule has 2 saturated heterocycles. The highest BCUT2D eigenvalue weighted by Crippen LogP contribution is 2.42. The van der Waals surface area contributed by atoms with Crippen LogP contribution in [0.25, 0.3) is 143 Å². The van der Waals surface area contributed by atoms with Crippen LogP contribution in [0.5, 0.6) is 0 Å². The number of fused-ring (bicyclic) bond motifs is 12. The van der Waals surface area contributed by atoms with Gasteiger partial charge in [0.25, 0.3) is 0 Å². The van der Waals surface area contributed by atoms with E-state index < -0.39 is 0 Å². The number of para-hydroxylation sites is 6. The van der Waals surface area contributed by atoms with E-state index in [1.165, 1.54) is 151 Å². The minimum atomic E-state index is -0.353. The summed E-state index contributed by atoms with van der Waals surface area (Å²) in [5, 5.41) is 10.0. The zero-order valence-corrected chi connectivity index (χ0v) is 60.6. The molecule has 0 radical (unpaired) electrons. The number of hydrogen-bond acceptors (Lipinski definition) is 3. The van der Waals surface area contributed by atoms with Gasteiger partial charge < -0.3 is 32.3 Å². The molecule has 2 fully saturated rings. The Labute approximate surface area is 615 Å². The summed E-state index contributed by atoms with van der Waals surface area (Å²) in [6, 6.07) is 121. The number of aromatic nitrogens is 4. The minimum absolute atomic E-state index is 0.343. The molecule has 2 aliphatic rings. The van der Waals surface area contributed by atoms with Gasteiger partial charge in [-0.2, -0.15) is 0 Å². The summed E-state index contributed by atoms with van der Waals surface area (Å²) in [6.07, 6.45) is 3.08. The van der Waals surface area contributed by atoms with Gasteiger partial charge in [-0.05, 0) is 208 Å². The Bertz CT molecular complexity index is 6120. The predicted octanol–water partition coefficient (Wildman–Crippen LogP) is 24.7. The maximum Gasteiger partial charge on any atom is 0.494 e. The topological polar surface area (TPSA) is 47.4 Å². The van der Waals surface area contributed by atoms with Crippen LogP contribution in [0.2, 0.25) is 0 Å². The molecular formula is C95H78BBrN4O3. The molecule has 6 heterocycles. The first-order valence-corrected chi connectivity index (χ1v) is 36.9. The van der Waals surface area contributed by atoms with Crippen molar-refractivity contribution in [3.63, 3.8) is 0 Å². The monoisotopic (exact) mass is 1410 g/mol. The van der Waals surface area contributed by atoms with E-state index in [2.05, 4.69) is 396 Å². The second-order valence-electron chi connectivity index (χ2n) is 28.2. The number of ether oxygens (including phenoxy) is 1. The average Bonchev–Trinajstić information content (AvgIpc) is 1.60.